The van der Waals surface area contributed by atoms with Crippen molar-refractivity contribution in [3.63, 3.8) is 0 Å². The third kappa shape index (κ3) is 7.80. The summed E-state index contributed by atoms with van der Waals surface area (Å²) in [5.41, 5.74) is 5.19. The summed E-state index contributed by atoms with van der Waals surface area (Å²) in [6, 6.07) is 0. The van der Waals surface area contributed by atoms with Crippen molar-refractivity contribution in [2.45, 2.75) is 6.92 Å². The summed E-state index contributed by atoms with van der Waals surface area (Å²) >= 11 is 0. The molecule has 5 heteroatoms. The lowest BCUT2D eigenvalue weighted by Crippen LogP contribution is -2.34. The van der Waals surface area contributed by atoms with Crippen molar-refractivity contribution in [1.29, 1.82) is 0 Å². The Hall–Kier alpha value is -0.200. The summed E-state index contributed by atoms with van der Waals surface area (Å²) in [6.45, 7) is 3.58. The van der Waals surface area contributed by atoms with E-state index in [4.69, 9.17) is 10.7 Å². The minimum absolute atomic E-state index is 0.458. The maximum absolute atomic E-state index is 4.73. The quantitative estimate of drug-likeness (QED) is 0.319. The maximum atomic E-state index is 4.73. The topological polar surface area (TPSA) is 68.5 Å². The van der Waals surface area contributed by atoms with Crippen LogP contribution in [0.15, 0.2) is 0 Å². The van der Waals surface area contributed by atoms with Crippen LogP contribution in [0.1, 0.15) is 6.92 Å². The third-order valence-electron chi connectivity index (χ3n) is 0.634. The molecule has 4 N–H and O–H groups in total. The van der Waals surface area contributed by atoms with Gasteiger partial charge in [-0.05, 0) is 6.92 Å². The van der Waals surface area contributed by atoms with Gasteiger partial charge in [0, 0.05) is 6.54 Å². The molecule has 0 amide bonds. The van der Waals surface area contributed by atoms with Gasteiger partial charge in [-0.25, -0.2) is 11.3 Å². The molecule has 0 rings (SSSR count). The molecule has 0 aliphatic heterocycles. The molecule has 0 saturated heterocycles. The van der Waals surface area contributed by atoms with Gasteiger partial charge in [0.1, 0.15) is 0 Å². The minimum Gasteiger partial charge on any atom is -0.303 e. The summed E-state index contributed by atoms with van der Waals surface area (Å²) in [5.74, 6) is 4.73. The molecule has 56 valence electrons. The van der Waals surface area contributed by atoms with E-state index in [-0.39, 0.29) is 0 Å². The summed E-state index contributed by atoms with van der Waals surface area (Å²) in [6.07, 6.45) is 0. The zero-order valence-electron chi connectivity index (χ0n) is 5.52. The Morgan fingerprint density at radius 3 is 2.89 bits per heavy atom. The van der Waals surface area contributed by atoms with E-state index in [1.807, 2.05) is 6.92 Å². The molecule has 0 spiro atoms. The van der Waals surface area contributed by atoms with Gasteiger partial charge in [-0.1, -0.05) is 0 Å². The van der Waals surface area contributed by atoms with Crippen molar-refractivity contribution in [2.24, 2.45) is 5.90 Å². The van der Waals surface area contributed by atoms with E-state index in [0.29, 0.717) is 19.8 Å². The molecule has 0 aliphatic rings. The van der Waals surface area contributed by atoms with Gasteiger partial charge in [0.15, 0.2) is 0 Å². The molecule has 0 aromatic rings. The highest BCUT2D eigenvalue weighted by Gasteiger charge is 1.81. The maximum Gasteiger partial charge on any atom is 0.0818 e. The Balaban J connectivity index is 2.60. The molecule has 0 aromatic heterocycles. The normalized spacial score (nSPS) is 10.0. The van der Waals surface area contributed by atoms with Crippen LogP contribution in [0, 0.1) is 0 Å². The second kappa shape index (κ2) is 7.80. The Morgan fingerprint density at radius 1 is 1.56 bits per heavy atom. The molecular weight excluding hydrogens is 122 g/mol. The van der Waals surface area contributed by atoms with E-state index >= 15 is 0 Å². The zero-order chi connectivity index (χ0) is 6.95. The molecule has 0 unspecified atom stereocenters. The smallest absolute Gasteiger partial charge is 0.0818 e. The summed E-state index contributed by atoms with van der Waals surface area (Å²) in [7, 11) is 0. The molecule has 0 radical (unpaired) electrons. The number of rotatable bonds is 6. The van der Waals surface area contributed by atoms with Crippen molar-refractivity contribution in [3.8, 4) is 0 Å². The van der Waals surface area contributed by atoms with Gasteiger partial charge in [-0.2, -0.15) is 0 Å². The van der Waals surface area contributed by atoms with Crippen LogP contribution in [0.5, 0.6) is 0 Å². The van der Waals surface area contributed by atoms with E-state index in [9.17, 15) is 0 Å². The van der Waals surface area contributed by atoms with E-state index in [1.54, 1.807) is 0 Å². The second-order valence-corrected chi connectivity index (χ2v) is 1.33. The van der Waals surface area contributed by atoms with Gasteiger partial charge in [0.2, 0.25) is 0 Å². The zero-order valence-corrected chi connectivity index (χ0v) is 5.52. The average molecular weight is 135 g/mol. The van der Waals surface area contributed by atoms with Crippen LogP contribution in [0.4, 0.5) is 0 Å². The minimum atomic E-state index is 0.458. The lowest BCUT2D eigenvalue weighted by Gasteiger charge is -2.03. The Kier molecular flexibility index (Phi) is 7.63. The average Bonchev–Trinajstić information content (AvgIpc) is 1.89. The molecular formula is C4H13N3O2. The number of hydrazine groups is 1. The molecule has 0 atom stereocenters. The second-order valence-electron chi connectivity index (χ2n) is 1.33. The van der Waals surface area contributed by atoms with Gasteiger partial charge in [0.05, 0.1) is 13.2 Å². The van der Waals surface area contributed by atoms with Gasteiger partial charge in [-0.3, -0.25) is 4.84 Å². The van der Waals surface area contributed by atoms with Crippen LogP contribution >= 0.6 is 0 Å². The first-order valence-electron chi connectivity index (χ1n) is 2.83. The largest absolute Gasteiger partial charge is 0.303 e. The molecule has 0 aromatic carbocycles. The van der Waals surface area contributed by atoms with Crippen molar-refractivity contribution in [2.75, 3.05) is 19.8 Å². The number of hydrogen-bond acceptors (Lipinski definition) is 5. The Labute approximate surface area is 54.4 Å². The van der Waals surface area contributed by atoms with Gasteiger partial charge >= 0.3 is 0 Å². The van der Waals surface area contributed by atoms with Gasteiger partial charge in [0.25, 0.3) is 0 Å². The van der Waals surface area contributed by atoms with E-state index < -0.39 is 0 Å². The van der Waals surface area contributed by atoms with Crippen LogP contribution in [0.2, 0.25) is 0 Å². The first-order valence-corrected chi connectivity index (χ1v) is 2.83. The van der Waals surface area contributed by atoms with Gasteiger partial charge in [-0.15, -0.1) is 5.59 Å². The van der Waals surface area contributed by atoms with Crippen molar-refractivity contribution in [3.05, 3.63) is 0 Å². The first-order chi connectivity index (χ1) is 4.41. The fourth-order valence-corrected chi connectivity index (χ4v) is 0.284. The molecule has 5 nitrogen and oxygen atoms in total. The van der Waals surface area contributed by atoms with Crippen LogP contribution < -0.4 is 16.9 Å². The Bertz CT molecular complexity index is 47.1. The van der Waals surface area contributed by atoms with Crippen molar-refractivity contribution < 1.29 is 9.68 Å². The highest BCUT2D eigenvalue weighted by Crippen LogP contribution is 1.59. The lowest BCUT2D eigenvalue weighted by molar-refractivity contribution is 0.0121. The molecule has 0 bridgehead atoms. The molecule has 0 aliphatic carbocycles. The monoisotopic (exact) mass is 135 g/mol. The molecule has 0 heterocycles. The Morgan fingerprint density at radius 2 is 2.33 bits per heavy atom. The fraction of sp³-hybridized carbons (Fsp3) is 1.00. The van der Waals surface area contributed by atoms with Crippen LogP contribution in [-0.4, -0.2) is 19.8 Å². The third-order valence-corrected chi connectivity index (χ3v) is 0.634. The fourth-order valence-electron chi connectivity index (χ4n) is 0.284. The van der Waals surface area contributed by atoms with Crippen molar-refractivity contribution >= 4 is 0 Å². The molecule has 0 saturated carbocycles. The molecule has 9 heavy (non-hydrogen) atoms. The van der Waals surface area contributed by atoms with Gasteiger partial charge < -0.3 is 4.84 Å². The highest BCUT2D eigenvalue weighted by molar-refractivity contribution is 4.29. The predicted octanol–water partition coefficient (Wildman–Crippen LogP) is -1.08. The van der Waals surface area contributed by atoms with Crippen LogP contribution in [0.25, 0.3) is 0 Å². The van der Waals surface area contributed by atoms with E-state index in [2.05, 4.69) is 15.9 Å². The highest BCUT2D eigenvalue weighted by atomic mass is 16.7. The van der Waals surface area contributed by atoms with Crippen molar-refractivity contribution in [1.82, 2.24) is 11.0 Å². The molecule has 0 fully saturated rings. The van der Waals surface area contributed by atoms with E-state index in [1.165, 1.54) is 0 Å². The summed E-state index contributed by atoms with van der Waals surface area (Å²) in [5, 5.41) is 0. The lowest BCUT2D eigenvalue weighted by atomic mass is 10.7. The van der Waals surface area contributed by atoms with E-state index in [0.717, 1.165) is 0 Å². The number of nitrogens with two attached hydrogens (primary N) is 1. The summed E-state index contributed by atoms with van der Waals surface area (Å²) < 4.78 is 0. The number of hydrogen-bond donors (Lipinski definition) is 3. The first kappa shape index (κ1) is 8.80. The SMILES string of the molecule is CCONNCCON. The van der Waals surface area contributed by atoms with Crippen LogP contribution in [0.3, 0.4) is 0 Å². The predicted molar refractivity (Wildman–Crippen MR) is 32.9 cm³/mol. The standard InChI is InChI=1S/C4H13N3O2/c1-2-9-7-6-3-4-8-5/h6-7H,2-5H2,1H3. The number of nitrogens with one attached hydrogen (secondary N) is 2. The summed E-state index contributed by atoms with van der Waals surface area (Å²) in [4.78, 5) is 8.99. The van der Waals surface area contributed by atoms with Crippen LogP contribution in [-0.2, 0) is 9.68 Å².